The Bertz CT molecular complexity index is 785. The van der Waals surface area contributed by atoms with Gasteiger partial charge in [-0.3, -0.25) is 4.79 Å². The van der Waals surface area contributed by atoms with Crippen LogP contribution in [0.5, 0.6) is 5.88 Å². The lowest BCUT2D eigenvalue weighted by Crippen LogP contribution is -2.43. The number of piperidine rings is 1. The Morgan fingerprint density at radius 2 is 1.88 bits per heavy atom. The van der Waals surface area contributed by atoms with E-state index in [-0.39, 0.29) is 33.2 Å². The van der Waals surface area contributed by atoms with Gasteiger partial charge in [-0.2, -0.15) is 5.10 Å². The van der Waals surface area contributed by atoms with E-state index in [4.69, 9.17) is 27.9 Å². The first-order chi connectivity index (χ1) is 12.5. The highest BCUT2D eigenvalue weighted by molar-refractivity contribution is 6.40. The molecule has 0 radical (unpaired) electrons. The Hall–Kier alpha value is -2.29. The van der Waals surface area contributed by atoms with E-state index in [0.717, 1.165) is 25.9 Å². The minimum atomic E-state index is -0.618. The predicted octanol–water partition coefficient (Wildman–Crippen LogP) is 2.81. The second-order valence-corrected chi connectivity index (χ2v) is 6.54. The lowest BCUT2D eigenvalue weighted by atomic mass is 10.1. The predicted molar refractivity (Wildman–Crippen MR) is 98.1 cm³/mol. The first-order valence-electron chi connectivity index (χ1n) is 8.02. The molecule has 1 aromatic heterocycles. The molecule has 1 aliphatic heterocycles. The second kappa shape index (κ2) is 8.39. The van der Waals surface area contributed by atoms with E-state index in [1.165, 1.54) is 6.20 Å². The maximum Gasteiger partial charge on any atom is 0.414 e. The number of aromatic amines is 1. The summed E-state index contributed by atoms with van der Waals surface area (Å²) in [4.78, 5) is 24.5. The minimum Gasteiger partial charge on any atom is -0.389 e. The van der Waals surface area contributed by atoms with Crippen LogP contribution in [0.4, 0.5) is 10.5 Å². The van der Waals surface area contributed by atoms with Crippen LogP contribution in [0.1, 0.15) is 23.2 Å². The Kier molecular flexibility index (Phi) is 5.97. The van der Waals surface area contributed by atoms with E-state index in [1.54, 1.807) is 18.2 Å². The van der Waals surface area contributed by atoms with Crippen molar-refractivity contribution >= 4 is 40.9 Å². The Morgan fingerprint density at radius 3 is 2.58 bits per heavy atom. The first-order valence-corrected chi connectivity index (χ1v) is 8.78. The lowest BCUT2D eigenvalue weighted by Gasteiger charge is -2.23. The number of ether oxygens (including phenoxy) is 1. The van der Waals surface area contributed by atoms with Gasteiger partial charge in [-0.1, -0.05) is 29.3 Å². The van der Waals surface area contributed by atoms with E-state index in [0.29, 0.717) is 0 Å². The van der Waals surface area contributed by atoms with Gasteiger partial charge in [0.2, 0.25) is 5.88 Å². The van der Waals surface area contributed by atoms with Crippen LogP contribution in [0.25, 0.3) is 0 Å². The van der Waals surface area contributed by atoms with Crippen LogP contribution in [0.15, 0.2) is 24.4 Å². The molecule has 8 nitrogen and oxygen atoms in total. The molecule has 0 saturated carbocycles. The maximum absolute atomic E-state index is 12.4. The van der Waals surface area contributed by atoms with E-state index >= 15 is 0 Å². The average molecular weight is 398 g/mol. The third-order valence-electron chi connectivity index (χ3n) is 3.90. The van der Waals surface area contributed by atoms with Crippen molar-refractivity contribution in [1.29, 1.82) is 0 Å². The Balaban J connectivity index is 1.64. The van der Waals surface area contributed by atoms with Gasteiger partial charge in [0.05, 0.1) is 21.8 Å². The molecule has 2 heterocycles. The molecule has 0 unspecified atom stereocenters. The largest absolute Gasteiger partial charge is 0.414 e. The number of rotatable bonds is 4. The molecule has 1 aromatic carbocycles. The van der Waals surface area contributed by atoms with Crippen LogP contribution in [0, 0.1) is 0 Å². The van der Waals surface area contributed by atoms with Gasteiger partial charge in [-0.25, -0.2) is 9.89 Å². The quantitative estimate of drug-likeness (QED) is 0.634. The Morgan fingerprint density at radius 1 is 1.19 bits per heavy atom. The second-order valence-electron chi connectivity index (χ2n) is 5.72. The fourth-order valence-corrected chi connectivity index (χ4v) is 3.16. The lowest BCUT2D eigenvalue weighted by molar-refractivity contribution is 0.102. The number of carbonyl (C=O) groups excluding carboxylic acids is 2. The minimum absolute atomic E-state index is 0.0213. The fraction of sp³-hybridized carbons (Fsp3) is 0.312. The van der Waals surface area contributed by atoms with Gasteiger partial charge in [0.1, 0.15) is 5.69 Å². The van der Waals surface area contributed by atoms with Crippen LogP contribution in [-0.2, 0) is 0 Å². The summed E-state index contributed by atoms with van der Waals surface area (Å²) in [5.74, 6) is -0.515. The number of carbonyl (C=O) groups is 2. The van der Waals surface area contributed by atoms with Crippen molar-refractivity contribution in [2.45, 2.75) is 18.9 Å². The van der Waals surface area contributed by atoms with Gasteiger partial charge < -0.3 is 20.7 Å². The normalized spacial score (nSPS) is 14.7. The van der Waals surface area contributed by atoms with Gasteiger partial charge >= 0.3 is 6.09 Å². The standard InChI is InChI=1S/C16H17Cl2N5O3/c17-10-2-1-3-11(18)13(10)14(24)22-12-8-20-23-15(12)26-16(25)21-9-4-6-19-7-5-9/h1-3,8-9,19H,4-7H2,(H,20,23)(H,21,25)(H,22,24). The third kappa shape index (κ3) is 4.46. The summed E-state index contributed by atoms with van der Waals surface area (Å²) < 4.78 is 5.22. The van der Waals surface area contributed by atoms with Crippen LogP contribution in [-0.4, -0.2) is 41.3 Å². The highest BCUT2D eigenvalue weighted by Crippen LogP contribution is 2.27. The highest BCUT2D eigenvalue weighted by atomic mass is 35.5. The number of hydrogen-bond donors (Lipinski definition) is 4. The SMILES string of the molecule is O=C(NC1CCNCC1)Oc1[nH]ncc1NC(=O)c1c(Cl)cccc1Cl. The monoisotopic (exact) mass is 397 g/mol. The fourth-order valence-electron chi connectivity index (χ4n) is 2.60. The number of benzene rings is 1. The van der Waals surface area contributed by atoms with Crippen LogP contribution in [0.2, 0.25) is 10.0 Å². The molecule has 1 saturated heterocycles. The van der Waals surface area contributed by atoms with Gasteiger partial charge in [0.25, 0.3) is 5.91 Å². The number of anilines is 1. The van der Waals surface area contributed by atoms with Crippen LogP contribution in [0.3, 0.4) is 0 Å². The molecule has 0 bridgehead atoms. The number of amides is 2. The van der Waals surface area contributed by atoms with Crippen molar-refractivity contribution in [3.63, 3.8) is 0 Å². The number of nitrogens with zero attached hydrogens (tertiary/aromatic N) is 1. The topological polar surface area (TPSA) is 108 Å². The first kappa shape index (κ1) is 18.5. The van der Waals surface area contributed by atoms with Gasteiger partial charge in [-0.05, 0) is 38.1 Å². The van der Waals surface area contributed by atoms with E-state index in [1.807, 2.05) is 0 Å². The third-order valence-corrected chi connectivity index (χ3v) is 4.53. The molecule has 0 atom stereocenters. The average Bonchev–Trinajstić information content (AvgIpc) is 3.02. The van der Waals surface area contributed by atoms with Gasteiger partial charge in [-0.15, -0.1) is 0 Å². The van der Waals surface area contributed by atoms with Crippen molar-refractivity contribution in [1.82, 2.24) is 20.8 Å². The molecule has 138 valence electrons. The molecule has 10 heteroatoms. The van der Waals surface area contributed by atoms with Crippen LogP contribution >= 0.6 is 23.2 Å². The van der Waals surface area contributed by atoms with Crippen molar-refractivity contribution in [2.24, 2.45) is 0 Å². The number of H-pyrrole nitrogens is 1. The molecular formula is C16H17Cl2N5O3. The summed E-state index contributed by atoms with van der Waals surface area (Å²) >= 11 is 12.1. The number of nitrogens with one attached hydrogen (secondary N) is 4. The maximum atomic E-state index is 12.4. The zero-order valence-corrected chi connectivity index (χ0v) is 15.2. The summed E-state index contributed by atoms with van der Waals surface area (Å²) in [5, 5.41) is 15.3. The molecule has 3 rings (SSSR count). The molecule has 2 amide bonds. The summed E-state index contributed by atoms with van der Waals surface area (Å²) in [5.41, 5.74) is 0.327. The molecule has 4 N–H and O–H groups in total. The van der Waals surface area contributed by atoms with Crippen molar-refractivity contribution in [3.05, 3.63) is 40.0 Å². The van der Waals surface area contributed by atoms with Crippen molar-refractivity contribution in [2.75, 3.05) is 18.4 Å². The van der Waals surface area contributed by atoms with Gasteiger partial charge in [0.15, 0.2) is 0 Å². The summed E-state index contributed by atoms with van der Waals surface area (Å²) in [7, 11) is 0. The Labute approximate surface area is 159 Å². The number of aromatic nitrogens is 2. The molecule has 0 spiro atoms. The number of halogens is 2. The van der Waals surface area contributed by atoms with E-state index in [9.17, 15) is 9.59 Å². The van der Waals surface area contributed by atoms with Gasteiger partial charge in [0, 0.05) is 6.04 Å². The van der Waals surface area contributed by atoms with E-state index in [2.05, 4.69) is 26.1 Å². The smallest absolute Gasteiger partial charge is 0.389 e. The van der Waals surface area contributed by atoms with E-state index < -0.39 is 12.0 Å². The highest BCUT2D eigenvalue weighted by Gasteiger charge is 2.20. The number of hydrogen-bond acceptors (Lipinski definition) is 5. The zero-order chi connectivity index (χ0) is 18.5. The molecule has 1 fully saturated rings. The molecule has 2 aromatic rings. The molecular weight excluding hydrogens is 381 g/mol. The van der Waals surface area contributed by atoms with Crippen molar-refractivity contribution < 1.29 is 14.3 Å². The summed E-state index contributed by atoms with van der Waals surface area (Å²) in [6.07, 6.45) is 2.36. The molecule has 0 aliphatic carbocycles. The molecule has 1 aliphatic rings. The summed E-state index contributed by atoms with van der Waals surface area (Å²) in [6.45, 7) is 1.68. The van der Waals surface area contributed by atoms with Crippen LogP contribution < -0.4 is 20.7 Å². The summed E-state index contributed by atoms with van der Waals surface area (Å²) in [6, 6.07) is 4.80. The van der Waals surface area contributed by atoms with Crippen molar-refractivity contribution in [3.8, 4) is 5.88 Å². The molecule has 26 heavy (non-hydrogen) atoms. The zero-order valence-electron chi connectivity index (χ0n) is 13.6.